The molecule has 0 amide bonds. The van der Waals surface area contributed by atoms with Gasteiger partial charge in [-0.25, -0.2) is 12.8 Å². The number of halogens is 1. The van der Waals surface area contributed by atoms with Crippen molar-refractivity contribution in [3.05, 3.63) is 29.8 Å². The lowest BCUT2D eigenvalue weighted by Crippen LogP contribution is -2.37. The normalized spacial score (nSPS) is 22.2. The maximum absolute atomic E-state index is 14.4. The van der Waals surface area contributed by atoms with Gasteiger partial charge in [-0.1, -0.05) is 12.1 Å². The van der Waals surface area contributed by atoms with E-state index >= 15 is 0 Å². The van der Waals surface area contributed by atoms with Gasteiger partial charge in [0.2, 0.25) is 0 Å². The molecule has 0 aromatic heterocycles. The van der Waals surface area contributed by atoms with Gasteiger partial charge in [0, 0.05) is 6.42 Å². The van der Waals surface area contributed by atoms with Crippen molar-refractivity contribution in [3.8, 4) is 5.75 Å². The summed E-state index contributed by atoms with van der Waals surface area (Å²) in [7, 11) is -3.03. The topological polar surface area (TPSA) is 54.4 Å². The molecule has 1 aromatic carbocycles. The number of sulfone groups is 1. The van der Waals surface area contributed by atoms with Crippen molar-refractivity contribution in [1.82, 2.24) is 0 Å². The quantitative estimate of drug-likeness (QED) is 0.880. The van der Waals surface area contributed by atoms with Gasteiger partial charge in [-0.15, -0.1) is 0 Å². The summed E-state index contributed by atoms with van der Waals surface area (Å²) in [5.41, 5.74) is -0.646. The van der Waals surface area contributed by atoms with Crippen molar-refractivity contribution >= 4 is 9.84 Å². The molecule has 1 aliphatic heterocycles. The molecule has 1 saturated heterocycles. The van der Waals surface area contributed by atoms with Crippen molar-refractivity contribution in [2.75, 3.05) is 11.5 Å². The summed E-state index contributed by atoms with van der Waals surface area (Å²) in [6, 6.07) is 6.36. The average molecular weight is 258 g/mol. The average Bonchev–Trinajstić information content (AvgIpc) is 2.27. The second-order valence-corrected chi connectivity index (χ2v) is 6.95. The molecule has 0 atom stereocenters. The summed E-state index contributed by atoms with van der Waals surface area (Å²) in [5.74, 6) is 0.0104. The van der Waals surface area contributed by atoms with Crippen molar-refractivity contribution in [3.63, 3.8) is 0 Å². The van der Waals surface area contributed by atoms with Crippen molar-refractivity contribution in [2.45, 2.75) is 24.9 Å². The van der Waals surface area contributed by atoms with Gasteiger partial charge in [-0.2, -0.15) is 0 Å². The Hall–Kier alpha value is -1.10. The Balaban J connectivity index is 2.06. The molecule has 0 spiro atoms. The second kappa shape index (κ2) is 4.29. The molecular formula is C12H15FO3S. The van der Waals surface area contributed by atoms with Gasteiger partial charge in [0.05, 0.1) is 11.5 Å². The Kier molecular flexibility index (Phi) is 3.12. The molecule has 5 heteroatoms. The van der Waals surface area contributed by atoms with Crippen LogP contribution in [0.3, 0.4) is 0 Å². The highest BCUT2D eigenvalue weighted by atomic mass is 32.2. The SMILES string of the molecule is O=S1(=O)CCC(F)(Cc2ccc(O)cc2)CC1. The first-order valence-corrected chi connectivity index (χ1v) is 7.38. The van der Waals surface area contributed by atoms with E-state index in [0.717, 1.165) is 5.56 Å². The van der Waals surface area contributed by atoms with Crippen LogP contribution in [0.1, 0.15) is 18.4 Å². The molecule has 0 bridgehead atoms. The fraction of sp³-hybridized carbons (Fsp3) is 0.500. The fourth-order valence-electron chi connectivity index (χ4n) is 2.06. The summed E-state index contributed by atoms with van der Waals surface area (Å²) >= 11 is 0. The molecule has 1 heterocycles. The first kappa shape index (κ1) is 12.4. The molecule has 94 valence electrons. The monoisotopic (exact) mass is 258 g/mol. The van der Waals surface area contributed by atoms with Crippen LogP contribution in [-0.2, 0) is 16.3 Å². The summed E-state index contributed by atoms with van der Waals surface area (Å²) in [5, 5.41) is 9.12. The van der Waals surface area contributed by atoms with E-state index in [0.29, 0.717) is 0 Å². The van der Waals surface area contributed by atoms with Crippen LogP contribution in [0.5, 0.6) is 5.75 Å². The Labute approximate surface area is 100 Å². The highest BCUT2D eigenvalue weighted by Gasteiger charge is 2.37. The lowest BCUT2D eigenvalue weighted by atomic mass is 9.91. The van der Waals surface area contributed by atoms with Gasteiger partial charge < -0.3 is 5.11 Å². The van der Waals surface area contributed by atoms with E-state index in [1.54, 1.807) is 12.1 Å². The fourth-order valence-corrected chi connectivity index (χ4v) is 3.62. The first-order chi connectivity index (χ1) is 7.89. The van der Waals surface area contributed by atoms with Gasteiger partial charge >= 0.3 is 0 Å². The maximum Gasteiger partial charge on any atom is 0.150 e. The third-order valence-electron chi connectivity index (χ3n) is 3.18. The van der Waals surface area contributed by atoms with Gasteiger partial charge in [-0.3, -0.25) is 0 Å². The van der Waals surface area contributed by atoms with E-state index in [-0.39, 0.29) is 36.5 Å². The highest BCUT2D eigenvalue weighted by molar-refractivity contribution is 7.91. The highest BCUT2D eigenvalue weighted by Crippen LogP contribution is 2.31. The molecule has 0 unspecified atom stereocenters. The Bertz CT molecular complexity index is 479. The van der Waals surface area contributed by atoms with Crippen LogP contribution in [0.2, 0.25) is 0 Å². The predicted molar refractivity (Wildman–Crippen MR) is 63.5 cm³/mol. The maximum atomic E-state index is 14.4. The molecule has 0 radical (unpaired) electrons. The lowest BCUT2D eigenvalue weighted by Gasteiger charge is -2.29. The molecular weight excluding hydrogens is 243 g/mol. The van der Waals surface area contributed by atoms with Crippen LogP contribution in [0.25, 0.3) is 0 Å². The van der Waals surface area contributed by atoms with Crippen LogP contribution in [-0.4, -0.2) is 30.7 Å². The van der Waals surface area contributed by atoms with Crippen molar-refractivity contribution < 1.29 is 17.9 Å². The number of phenols is 1. The molecule has 0 saturated carbocycles. The van der Waals surface area contributed by atoms with E-state index in [1.165, 1.54) is 12.1 Å². The molecule has 1 N–H and O–H groups in total. The zero-order valence-corrected chi connectivity index (χ0v) is 10.2. The summed E-state index contributed by atoms with van der Waals surface area (Å²) in [6.45, 7) is 0. The number of hydrogen-bond acceptors (Lipinski definition) is 3. The molecule has 0 aliphatic carbocycles. The Morgan fingerprint density at radius 2 is 1.71 bits per heavy atom. The minimum Gasteiger partial charge on any atom is -0.508 e. The Morgan fingerprint density at radius 1 is 1.18 bits per heavy atom. The van der Waals surface area contributed by atoms with E-state index < -0.39 is 15.5 Å². The number of rotatable bonds is 2. The summed E-state index contributed by atoms with van der Waals surface area (Å²) in [6.07, 6.45) is 0.342. The van der Waals surface area contributed by atoms with E-state index in [1.807, 2.05) is 0 Å². The minimum atomic E-state index is -3.03. The number of benzene rings is 1. The van der Waals surface area contributed by atoms with Gasteiger partial charge in [0.15, 0.2) is 9.84 Å². The molecule has 1 aromatic rings. The molecule has 1 fully saturated rings. The lowest BCUT2D eigenvalue weighted by molar-refractivity contribution is 0.147. The van der Waals surface area contributed by atoms with Gasteiger partial charge in [0.1, 0.15) is 11.4 Å². The van der Waals surface area contributed by atoms with Crippen LogP contribution in [0.15, 0.2) is 24.3 Å². The molecule has 1 aliphatic rings. The van der Waals surface area contributed by atoms with E-state index in [9.17, 15) is 12.8 Å². The third-order valence-corrected chi connectivity index (χ3v) is 4.83. The number of hydrogen-bond donors (Lipinski definition) is 1. The van der Waals surface area contributed by atoms with Crippen LogP contribution in [0, 0.1) is 0 Å². The van der Waals surface area contributed by atoms with Gasteiger partial charge in [0.25, 0.3) is 0 Å². The summed E-state index contributed by atoms with van der Waals surface area (Å²) < 4.78 is 36.8. The number of alkyl halides is 1. The first-order valence-electron chi connectivity index (χ1n) is 5.56. The molecule has 17 heavy (non-hydrogen) atoms. The minimum absolute atomic E-state index is 0.0657. The molecule has 3 nitrogen and oxygen atoms in total. The third kappa shape index (κ3) is 3.19. The van der Waals surface area contributed by atoms with Crippen LogP contribution < -0.4 is 0 Å². The standard InChI is InChI=1S/C12H15FO3S/c13-12(5-7-17(15,16)8-6-12)9-10-1-3-11(14)4-2-10/h1-4,14H,5-9H2. The zero-order chi connectivity index (χ0) is 12.5. The van der Waals surface area contributed by atoms with E-state index in [4.69, 9.17) is 5.11 Å². The van der Waals surface area contributed by atoms with Crippen molar-refractivity contribution in [1.29, 1.82) is 0 Å². The van der Waals surface area contributed by atoms with Gasteiger partial charge in [-0.05, 0) is 30.5 Å². The second-order valence-electron chi connectivity index (χ2n) is 4.65. The molecule has 2 rings (SSSR count). The summed E-state index contributed by atoms with van der Waals surface area (Å²) in [4.78, 5) is 0. The van der Waals surface area contributed by atoms with Crippen LogP contribution in [0.4, 0.5) is 4.39 Å². The smallest absolute Gasteiger partial charge is 0.150 e. The van der Waals surface area contributed by atoms with E-state index in [2.05, 4.69) is 0 Å². The number of aromatic hydroxyl groups is 1. The zero-order valence-electron chi connectivity index (χ0n) is 9.39. The Morgan fingerprint density at radius 3 is 2.24 bits per heavy atom. The largest absolute Gasteiger partial charge is 0.508 e. The predicted octanol–water partition coefficient (Wildman–Crippen LogP) is 1.85. The number of phenolic OH excluding ortho intramolecular Hbond substituents is 1. The van der Waals surface area contributed by atoms with Crippen molar-refractivity contribution in [2.24, 2.45) is 0 Å². The van der Waals surface area contributed by atoms with Crippen LogP contribution >= 0.6 is 0 Å².